The lowest BCUT2D eigenvalue weighted by atomic mass is 10.3. The highest BCUT2D eigenvalue weighted by Gasteiger charge is 2.30. The van der Waals surface area contributed by atoms with E-state index in [9.17, 15) is 17.6 Å². The molecule has 1 unspecified atom stereocenters. The second kappa shape index (κ2) is 10.5. The van der Waals surface area contributed by atoms with E-state index in [1.807, 2.05) is 0 Å². The summed E-state index contributed by atoms with van der Waals surface area (Å²) in [5.74, 6) is -0.0328. The average Bonchev–Trinajstić information content (AvgIpc) is 3.33. The van der Waals surface area contributed by atoms with Crippen molar-refractivity contribution in [3.8, 4) is 11.5 Å². The average molecular weight is 479 g/mol. The zero-order valence-corrected chi connectivity index (χ0v) is 19.2. The summed E-state index contributed by atoms with van der Waals surface area (Å²) in [7, 11) is -2.55. The predicted octanol–water partition coefficient (Wildman–Crippen LogP) is 3.67. The number of rotatable bonds is 10. The number of thiophene rings is 1. The molecule has 0 saturated carbocycles. The second-order valence-corrected chi connectivity index (χ2v) is 9.89. The van der Waals surface area contributed by atoms with Crippen LogP contribution in [0.4, 0.5) is 10.1 Å². The molecule has 0 bridgehead atoms. The minimum atomic E-state index is -4.12. The van der Waals surface area contributed by atoms with Gasteiger partial charge in [0.1, 0.15) is 34.7 Å². The molecule has 0 spiro atoms. The standard InChI is InChI=1S/C22H23FN2O5S2/c1-16(15-30-18-11-9-17(29-2)10-12-18)24-21(26)14-25(20-7-4-3-6-19(20)23)32(27,28)22-8-5-13-31-22/h3-13,16H,14-15H2,1-2H3,(H,24,26). The molecular weight excluding hydrogens is 455 g/mol. The summed E-state index contributed by atoms with van der Waals surface area (Å²) >= 11 is 0.995. The number of hydrogen-bond acceptors (Lipinski definition) is 6. The molecule has 170 valence electrons. The molecule has 1 amide bonds. The van der Waals surface area contributed by atoms with Gasteiger partial charge in [-0.15, -0.1) is 11.3 Å². The molecular formula is C22H23FN2O5S2. The van der Waals surface area contributed by atoms with E-state index in [-0.39, 0.29) is 16.5 Å². The van der Waals surface area contributed by atoms with Crippen molar-refractivity contribution in [3.63, 3.8) is 0 Å². The SMILES string of the molecule is COc1ccc(OCC(C)NC(=O)CN(c2ccccc2F)S(=O)(=O)c2cccs2)cc1. The summed E-state index contributed by atoms with van der Waals surface area (Å²) in [5.41, 5.74) is -0.196. The van der Waals surface area contributed by atoms with Crippen LogP contribution in [-0.4, -0.2) is 40.6 Å². The van der Waals surface area contributed by atoms with Gasteiger partial charge >= 0.3 is 0 Å². The molecule has 10 heteroatoms. The summed E-state index contributed by atoms with van der Waals surface area (Å²) in [6.45, 7) is 1.31. The molecule has 7 nitrogen and oxygen atoms in total. The van der Waals surface area contributed by atoms with Crippen LogP contribution in [0.1, 0.15) is 6.92 Å². The molecule has 1 heterocycles. The predicted molar refractivity (Wildman–Crippen MR) is 121 cm³/mol. The highest BCUT2D eigenvalue weighted by molar-refractivity contribution is 7.94. The highest BCUT2D eigenvalue weighted by atomic mass is 32.2. The van der Waals surface area contributed by atoms with E-state index in [0.29, 0.717) is 11.5 Å². The maximum atomic E-state index is 14.4. The normalized spacial score (nSPS) is 12.1. The van der Waals surface area contributed by atoms with Crippen molar-refractivity contribution in [3.05, 3.63) is 71.9 Å². The number of sulfonamides is 1. The first-order valence-corrected chi connectivity index (χ1v) is 12.0. The lowest BCUT2D eigenvalue weighted by Gasteiger charge is -2.24. The Hall–Kier alpha value is -3.11. The first-order chi connectivity index (χ1) is 15.3. The summed E-state index contributed by atoms with van der Waals surface area (Å²) in [4.78, 5) is 12.7. The largest absolute Gasteiger partial charge is 0.497 e. The number of carbonyl (C=O) groups excluding carboxylic acids is 1. The number of nitrogens with one attached hydrogen (secondary N) is 1. The lowest BCUT2D eigenvalue weighted by Crippen LogP contribution is -2.45. The number of carbonyl (C=O) groups is 1. The van der Waals surface area contributed by atoms with Gasteiger partial charge in [-0.05, 0) is 54.8 Å². The van der Waals surface area contributed by atoms with Gasteiger partial charge in [0.2, 0.25) is 5.91 Å². The number of halogens is 1. The Morgan fingerprint density at radius 1 is 1.09 bits per heavy atom. The Bertz CT molecular complexity index is 1140. The molecule has 0 aliphatic heterocycles. The summed E-state index contributed by atoms with van der Waals surface area (Å²) in [6.07, 6.45) is 0. The number of para-hydroxylation sites is 1. The van der Waals surface area contributed by atoms with Crippen LogP contribution < -0.4 is 19.1 Å². The molecule has 1 atom stereocenters. The van der Waals surface area contributed by atoms with Gasteiger partial charge in [-0.2, -0.15) is 0 Å². The maximum absolute atomic E-state index is 14.4. The van der Waals surface area contributed by atoms with Gasteiger partial charge in [0.05, 0.1) is 18.8 Å². The third-order valence-corrected chi connectivity index (χ3v) is 7.55. The Kier molecular flexibility index (Phi) is 7.70. The summed E-state index contributed by atoms with van der Waals surface area (Å²) < 4.78 is 52.1. The first kappa shape index (κ1) is 23.6. The number of methoxy groups -OCH3 is 1. The van der Waals surface area contributed by atoms with E-state index in [1.54, 1.807) is 49.7 Å². The molecule has 0 aliphatic rings. The van der Waals surface area contributed by atoms with Gasteiger partial charge in [-0.25, -0.2) is 12.8 Å². The van der Waals surface area contributed by atoms with E-state index in [0.717, 1.165) is 21.7 Å². The first-order valence-electron chi connectivity index (χ1n) is 9.68. The molecule has 1 N–H and O–H groups in total. The van der Waals surface area contributed by atoms with Crippen LogP contribution in [0.3, 0.4) is 0 Å². The van der Waals surface area contributed by atoms with Crippen LogP contribution in [0.15, 0.2) is 70.3 Å². The van der Waals surface area contributed by atoms with Gasteiger partial charge in [0.25, 0.3) is 10.0 Å². The van der Waals surface area contributed by atoms with E-state index in [4.69, 9.17) is 9.47 Å². The molecule has 1 aromatic heterocycles. The number of ether oxygens (including phenoxy) is 2. The second-order valence-electron chi connectivity index (χ2n) is 6.85. The van der Waals surface area contributed by atoms with Gasteiger partial charge in [0.15, 0.2) is 0 Å². The molecule has 32 heavy (non-hydrogen) atoms. The third kappa shape index (κ3) is 5.77. The Labute approximate surface area is 190 Å². The minimum Gasteiger partial charge on any atom is -0.497 e. The van der Waals surface area contributed by atoms with Crippen molar-refractivity contribution in [2.24, 2.45) is 0 Å². The Morgan fingerprint density at radius 3 is 2.41 bits per heavy atom. The van der Waals surface area contributed by atoms with Crippen LogP contribution in [0, 0.1) is 5.82 Å². The van der Waals surface area contributed by atoms with E-state index in [1.165, 1.54) is 24.3 Å². The molecule has 3 aromatic rings. The van der Waals surface area contributed by atoms with Crippen LogP contribution >= 0.6 is 11.3 Å². The molecule has 3 rings (SSSR count). The van der Waals surface area contributed by atoms with Crippen LogP contribution in [0.2, 0.25) is 0 Å². The Morgan fingerprint density at radius 2 is 1.78 bits per heavy atom. The fourth-order valence-electron chi connectivity index (χ4n) is 2.86. The van der Waals surface area contributed by atoms with Crippen LogP contribution in [0.25, 0.3) is 0 Å². The fourth-order valence-corrected chi connectivity index (χ4v) is 5.39. The van der Waals surface area contributed by atoms with Crippen molar-refractivity contribution in [1.29, 1.82) is 0 Å². The van der Waals surface area contributed by atoms with Gasteiger partial charge in [0, 0.05) is 0 Å². The fraction of sp³-hybridized carbons (Fsp3) is 0.227. The number of benzene rings is 2. The van der Waals surface area contributed by atoms with Crippen molar-refractivity contribution in [1.82, 2.24) is 5.32 Å². The van der Waals surface area contributed by atoms with E-state index < -0.39 is 34.3 Å². The van der Waals surface area contributed by atoms with Crippen molar-refractivity contribution in [2.75, 3.05) is 24.6 Å². The van der Waals surface area contributed by atoms with E-state index >= 15 is 0 Å². The zero-order chi connectivity index (χ0) is 23.1. The van der Waals surface area contributed by atoms with Crippen molar-refractivity contribution < 1.29 is 27.1 Å². The molecule has 0 aliphatic carbocycles. The topological polar surface area (TPSA) is 84.9 Å². The summed E-state index contributed by atoms with van der Waals surface area (Å²) in [6, 6.07) is 15.0. The molecule has 0 fully saturated rings. The maximum Gasteiger partial charge on any atom is 0.274 e. The van der Waals surface area contributed by atoms with Crippen LogP contribution in [-0.2, 0) is 14.8 Å². The van der Waals surface area contributed by atoms with Crippen molar-refractivity contribution in [2.45, 2.75) is 17.2 Å². The van der Waals surface area contributed by atoms with Crippen LogP contribution in [0.5, 0.6) is 11.5 Å². The third-order valence-electron chi connectivity index (χ3n) is 4.41. The van der Waals surface area contributed by atoms with Gasteiger partial charge in [-0.1, -0.05) is 18.2 Å². The van der Waals surface area contributed by atoms with E-state index in [2.05, 4.69) is 5.32 Å². The summed E-state index contributed by atoms with van der Waals surface area (Å²) in [5, 5.41) is 4.30. The molecule has 0 radical (unpaired) electrons. The molecule has 2 aromatic carbocycles. The zero-order valence-electron chi connectivity index (χ0n) is 17.5. The molecule has 0 saturated heterocycles. The van der Waals surface area contributed by atoms with Gasteiger partial charge in [-0.3, -0.25) is 9.10 Å². The number of amides is 1. The van der Waals surface area contributed by atoms with Gasteiger partial charge < -0.3 is 14.8 Å². The van der Waals surface area contributed by atoms with Crippen molar-refractivity contribution >= 4 is 33.0 Å². The Balaban J connectivity index is 1.69. The number of anilines is 1. The number of hydrogen-bond donors (Lipinski definition) is 1. The monoisotopic (exact) mass is 478 g/mol. The lowest BCUT2D eigenvalue weighted by molar-refractivity contribution is -0.120. The smallest absolute Gasteiger partial charge is 0.274 e. The quantitative estimate of drug-likeness (QED) is 0.481. The highest BCUT2D eigenvalue weighted by Crippen LogP contribution is 2.28. The number of nitrogens with zero attached hydrogens (tertiary/aromatic N) is 1. The minimum absolute atomic E-state index is 0.0180.